The molecule has 1 aromatic heterocycles. The summed E-state index contributed by atoms with van der Waals surface area (Å²) in [5.74, 6) is -1.96. The van der Waals surface area contributed by atoms with Crippen molar-refractivity contribution in [3.05, 3.63) is 53.4 Å². The van der Waals surface area contributed by atoms with E-state index in [1.807, 2.05) is 0 Å². The number of fused-ring (bicyclic) bond motifs is 1. The second kappa shape index (κ2) is 8.54. The van der Waals surface area contributed by atoms with Gasteiger partial charge in [-0.25, -0.2) is 13.8 Å². The maximum absolute atomic E-state index is 15.2. The lowest BCUT2D eigenvalue weighted by atomic mass is 10.1. The highest BCUT2D eigenvalue weighted by Gasteiger charge is 2.22. The summed E-state index contributed by atoms with van der Waals surface area (Å²) in [6.45, 7) is 1.38. The van der Waals surface area contributed by atoms with E-state index in [0.717, 1.165) is 0 Å². The van der Waals surface area contributed by atoms with Crippen LogP contribution in [-0.2, 0) is 7.05 Å². The van der Waals surface area contributed by atoms with E-state index in [4.69, 9.17) is 5.11 Å². The third-order valence-electron chi connectivity index (χ3n) is 4.56. The molecule has 9 heteroatoms. The van der Waals surface area contributed by atoms with Gasteiger partial charge in [-0.3, -0.25) is 4.79 Å². The van der Waals surface area contributed by atoms with E-state index in [1.54, 1.807) is 24.6 Å². The zero-order valence-corrected chi connectivity index (χ0v) is 16.0. The van der Waals surface area contributed by atoms with Gasteiger partial charge >= 0.3 is 0 Å². The van der Waals surface area contributed by atoms with Crippen LogP contribution >= 0.6 is 0 Å². The first-order chi connectivity index (χ1) is 13.8. The molecule has 4 N–H and O–H groups in total. The first-order valence-corrected chi connectivity index (χ1v) is 9.05. The Morgan fingerprint density at radius 2 is 2.07 bits per heavy atom. The van der Waals surface area contributed by atoms with Crippen LogP contribution in [0, 0.1) is 18.6 Å². The van der Waals surface area contributed by atoms with E-state index in [9.17, 15) is 14.3 Å². The summed E-state index contributed by atoms with van der Waals surface area (Å²) in [5.41, 5.74) is 0.951. The smallest absolute Gasteiger partial charge is 0.253 e. The molecule has 29 heavy (non-hydrogen) atoms. The molecule has 7 nitrogen and oxygen atoms in total. The molecule has 154 valence electrons. The Hall–Kier alpha value is -3.04. The molecule has 0 aliphatic heterocycles. The van der Waals surface area contributed by atoms with Crippen LogP contribution in [0.15, 0.2) is 30.6 Å². The summed E-state index contributed by atoms with van der Waals surface area (Å²) in [6, 6.07) is 5.90. The van der Waals surface area contributed by atoms with Gasteiger partial charge in [0, 0.05) is 13.6 Å². The van der Waals surface area contributed by atoms with Gasteiger partial charge in [-0.1, -0.05) is 6.07 Å². The second-order valence-corrected chi connectivity index (χ2v) is 6.83. The molecule has 0 aliphatic carbocycles. The van der Waals surface area contributed by atoms with Crippen molar-refractivity contribution in [3.8, 4) is 0 Å². The summed E-state index contributed by atoms with van der Waals surface area (Å²) in [6.07, 6.45) is 0.586. The number of carbonyl (C=O) groups is 1. The van der Waals surface area contributed by atoms with Crippen LogP contribution in [0.2, 0.25) is 0 Å². The van der Waals surface area contributed by atoms with Gasteiger partial charge in [0.25, 0.3) is 5.91 Å². The van der Waals surface area contributed by atoms with Crippen LogP contribution in [-0.4, -0.2) is 44.9 Å². The van der Waals surface area contributed by atoms with Gasteiger partial charge in [-0.2, -0.15) is 0 Å². The molecule has 3 aromatic rings. The Labute approximate surface area is 166 Å². The van der Waals surface area contributed by atoms with E-state index in [0.29, 0.717) is 11.1 Å². The van der Waals surface area contributed by atoms with Gasteiger partial charge in [0.05, 0.1) is 41.5 Å². The third-order valence-corrected chi connectivity index (χ3v) is 4.56. The number of aromatic nitrogens is 2. The number of anilines is 2. The maximum atomic E-state index is 15.2. The number of carbonyl (C=O) groups excluding carboxylic acids is 1. The number of rotatable bonds is 7. The Balaban J connectivity index is 2.00. The van der Waals surface area contributed by atoms with Gasteiger partial charge in [-0.15, -0.1) is 0 Å². The van der Waals surface area contributed by atoms with Crippen LogP contribution < -0.4 is 10.6 Å². The van der Waals surface area contributed by atoms with E-state index in [1.165, 1.54) is 24.5 Å². The Morgan fingerprint density at radius 1 is 1.31 bits per heavy atom. The Morgan fingerprint density at radius 3 is 2.76 bits per heavy atom. The average Bonchev–Trinajstić information content (AvgIpc) is 3.06. The molecule has 1 atom stereocenters. The number of hydrogen-bond donors (Lipinski definition) is 4. The SMILES string of the molecule is Cc1ccc(Nc2c(C(=O)NCCC(O)CO)cc3c(ncn3C)c2F)c(F)c1. The zero-order chi connectivity index (χ0) is 21.1. The number of aliphatic hydroxyl groups is 2. The largest absolute Gasteiger partial charge is 0.394 e. The van der Waals surface area contributed by atoms with Gasteiger partial charge in [0.15, 0.2) is 5.82 Å². The molecule has 0 saturated carbocycles. The van der Waals surface area contributed by atoms with E-state index in [-0.39, 0.29) is 35.4 Å². The fourth-order valence-corrected chi connectivity index (χ4v) is 2.92. The molecule has 1 amide bonds. The summed E-state index contributed by atoms with van der Waals surface area (Å²) in [7, 11) is 1.67. The third kappa shape index (κ3) is 4.36. The lowest BCUT2D eigenvalue weighted by molar-refractivity contribution is 0.0834. The molecule has 0 fully saturated rings. The van der Waals surface area contributed by atoms with Crippen LogP contribution in [0.1, 0.15) is 22.3 Å². The molecule has 0 aliphatic rings. The van der Waals surface area contributed by atoms with Crippen molar-refractivity contribution in [2.24, 2.45) is 7.05 Å². The molecule has 0 radical (unpaired) electrons. The summed E-state index contributed by atoms with van der Waals surface area (Å²) in [4.78, 5) is 16.7. The van der Waals surface area contributed by atoms with Gasteiger partial charge in [0.2, 0.25) is 0 Å². The normalized spacial score (nSPS) is 12.2. The van der Waals surface area contributed by atoms with Gasteiger partial charge in [0.1, 0.15) is 11.3 Å². The van der Waals surface area contributed by atoms with Crippen molar-refractivity contribution in [2.45, 2.75) is 19.4 Å². The topological polar surface area (TPSA) is 99.4 Å². The first kappa shape index (κ1) is 20.7. The highest BCUT2D eigenvalue weighted by Crippen LogP contribution is 2.31. The summed E-state index contributed by atoms with van der Waals surface area (Å²) in [5, 5.41) is 23.5. The molecule has 1 unspecified atom stereocenters. The minimum absolute atomic E-state index is 0.0227. The molecule has 1 heterocycles. The molecule has 0 spiro atoms. The van der Waals surface area contributed by atoms with Crippen molar-refractivity contribution in [2.75, 3.05) is 18.5 Å². The predicted molar refractivity (Wildman–Crippen MR) is 105 cm³/mol. The summed E-state index contributed by atoms with van der Waals surface area (Å²) < 4.78 is 31.1. The number of nitrogens with one attached hydrogen (secondary N) is 2. The van der Waals surface area contributed by atoms with Crippen LogP contribution in [0.3, 0.4) is 0 Å². The first-order valence-electron chi connectivity index (χ1n) is 9.05. The van der Waals surface area contributed by atoms with Crippen LogP contribution in [0.25, 0.3) is 11.0 Å². The van der Waals surface area contributed by atoms with Gasteiger partial charge < -0.3 is 25.4 Å². The van der Waals surface area contributed by atoms with Crippen molar-refractivity contribution >= 4 is 28.3 Å². The number of aliphatic hydroxyl groups excluding tert-OH is 2. The minimum Gasteiger partial charge on any atom is -0.394 e. The molecule has 3 rings (SSSR count). The number of hydrogen-bond acceptors (Lipinski definition) is 5. The number of nitrogens with zero attached hydrogens (tertiary/aromatic N) is 2. The number of benzene rings is 2. The standard InChI is InChI=1S/C20H22F2N4O3/c1-11-3-4-15(14(21)7-11)25-18-13(20(29)23-6-5-12(28)9-27)8-16-19(17(18)22)24-10-26(16)2/h3-4,7-8,10,12,25,27-28H,5-6,9H2,1-2H3,(H,23,29). The minimum atomic E-state index is -0.967. The lowest BCUT2D eigenvalue weighted by Crippen LogP contribution is -2.29. The molecular formula is C20H22F2N4O3. The Bertz CT molecular complexity index is 1050. The highest BCUT2D eigenvalue weighted by atomic mass is 19.1. The molecule has 0 bridgehead atoms. The predicted octanol–water partition coefficient (Wildman–Crippen LogP) is 2.38. The highest BCUT2D eigenvalue weighted by molar-refractivity contribution is 6.04. The number of aryl methyl sites for hydroxylation is 2. The van der Waals surface area contributed by atoms with Crippen molar-refractivity contribution in [1.82, 2.24) is 14.9 Å². The van der Waals surface area contributed by atoms with Crippen molar-refractivity contribution in [1.29, 1.82) is 0 Å². The van der Waals surface area contributed by atoms with E-state index >= 15 is 4.39 Å². The summed E-state index contributed by atoms with van der Waals surface area (Å²) >= 11 is 0. The van der Waals surface area contributed by atoms with E-state index < -0.39 is 30.3 Å². The van der Waals surface area contributed by atoms with Crippen LogP contribution in [0.5, 0.6) is 0 Å². The maximum Gasteiger partial charge on any atom is 0.253 e. The molecule has 0 saturated heterocycles. The molecule has 2 aromatic carbocycles. The second-order valence-electron chi connectivity index (χ2n) is 6.83. The zero-order valence-electron chi connectivity index (χ0n) is 16.0. The Kier molecular flexibility index (Phi) is 6.09. The number of halogens is 2. The van der Waals surface area contributed by atoms with E-state index in [2.05, 4.69) is 15.6 Å². The van der Waals surface area contributed by atoms with Crippen molar-refractivity contribution in [3.63, 3.8) is 0 Å². The fourth-order valence-electron chi connectivity index (χ4n) is 2.92. The average molecular weight is 404 g/mol. The number of amides is 1. The van der Waals surface area contributed by atoms with Crippen molar-refractivity contribution < 1.29 is 23.8 Å². The quantitative estimate of drug-likeness (QED) is 0.485. The van der Waals surface area contributed by atoms with Crippen LogP contribution in [0.4, 0.5) is 20.2 Å². The number of imidazole rings is 1. The fraction of sp³-hybridized carbons (Fsp3) is 0.300. The monoisotopic (exact) mass is 404 g/mol. The van der Waals surface area contributed by atoms with Gasteiger partial charge in [-0.05, 0) is 37.1 Å². The molecular weight excluding hydrogens is 382 g/mol. The lowest BCUT2D eigenvalue weighted by Gasteiger charge is -2.15.